The van der Waals surface area contributed by atoms with Gasteiger partial charge in [0, 0.05) is 52.0 Å². The predicted molar refractivity (Wildman–Crippen MR) is 238 cm³/mol. The van der Waals surface area contributed by atoms with Gasteiger partial charge in [-0.3, -0.25) is 4.57 Å². The van der Waals surface area contributed by atoms with E-state index in [0.29, 0.717) is 5.95 Å². The summed E-state index contributed by atoms with van der Waals surface area (Å²) in [5, 5.41) is 16.2. The number of hydrogen-bond donors (Lipinski definition) is 0. The smallest absolute Gasteiger partial charge is 0.235 e. The van der Waals surface area contributed by atoms with Gasteiger partial charge in [-0.15, -0.1) is 22.7 Å². The lowest BCUT2D eigenvalue weighted by Gasteiger charge is -2.13. The van der Waals surface area contributed by atoms with E-state index < -0.39 is 0 Å². The average Bonchev–Trinajstić information content (AvgIpc) is 3.93. The Morgan fingerprint density at radius 1 is 0.364 bits per heavy atom. The first kappa shape index (κ1) is 29.8. The molecule has 0 amide bonds. The van der Waals surface area contributed by atoms with Crippen molar-refractivity contribution >= 4 is 128 Å². The van der Waals surface area contributed by atoms with Crippen molar-refractivity contribution in [3.8, 4) is 17.2 Å². The second kappa shape index (κ2) is 11.0. The van der Waals surface area contributed by atoms with Crippen molar-refractivity contribution in [2.24, 2.45) is 0 Å². The number of fused-ring (bicyclic) bond motifs is 18. The molecule has 0 saturated heterocycles. The molecule has 0 aliphatic rings. The van der Waals surface area contributed by atoms with Crippen LogP contribution in [0.3, 0.4) is 0 Å². The Kier molecular flexibility index (Phi) is 5.93. The Hall–Kier alpha value is -6.66. The van der Waals surface area contributed by atoms with E-state index in [1.54, 1.807) is 11.3 Å². The quantitative estimate of drug-likeness (QED) is 0.166. The third-order valence-electron chi connectivity index (χ3n) is 11.6. The molecule has 0 radical (unpaired) electrons. The maximum Gasteiger partial charge on any atom is 0.235 e. The van der Waals surface area contributed by atoms with E-state index in [1.165, 1.54) is 78.7 Å². The van der Waals surface area contributed by atoms with Gasteiger partial charge in [0.25, 0.3) is 0 Å². The molecule has 0 atom stereocenters. The van der Waals surface area contributed by atoms with Crippen molar-refractivity contribution in [3.05, 3.63) is 164 Å². The minimum absolute atomic E-state index is 0.684. The number of aromatic nitrogens is 3. The fourth-order valence-corrected chi connectivity index (χ4v) is 11.6. The van der Waals surface area contributed by atoms with Crippen molar-refractivity contribution in [2.45, 2.75) is 0 Å². The van der Waals surface area contributed by atoms with Crippen LogP contribution in [0.4, 0.5) is 0 Å². The molecule has 0 N–H and O–H groups in total. The second-order valence-corrected chi connectivity index (χ2v) is 16.5. The number of benzene rings is 9. The van der Waals surface area contributed by atoms with Gasteiger partial charge in [0.05, 0.1) is 26.9 Å². The summed E-state index contributed by atoms with van der Waals surface area (Å²) in [6.45, 7) is 0. The zero-order chi connectivity index (χ0) is 35.8. The van der Waals surface area contributed by atoms with Crippen LogP contribution in [0.1, 0.15) is 0 Å². The largest absolute Gasteiger partial charge is 0.278 e. The van der Waals surface area contributed by atoms with E-state index in [2.05, 4.69) is 168 Å². The van der Waals surface area contributed by atoms with Crippen LogP contribution in [-0.2, 0) is 0 Å². The number of nitrogens with zero attached hydrogens (tertiary/aromatic N) is 3. The van der Waals surface area contributed by atoms with Crippen LogP contribution in [0.2, 0.25) is 0 Å². The van der Waals surface area contributed by atoms with Crippen molar-refractivity contribution in [3.63, 3.8) is 0 Å². The van der Waals surface area contributed by atoms with Crippen LogP contribution >= 0.6 is 22.7 Å². The Morgan fingerprint density at radius 2 is 0.927 bits per heavy atom. The lowest BCUT2D eigenvalue weighted by Crippen LogP contribution is -2.02. The molecule has 0 bridgehead atoms. The van der Waals surface area contributed by atoms with Crippen LogP contribution in [0, 0.1) is 0 Å². The Labute approximate surface area is 322 Å². The van der Waals surface area contributed by atoms with Crippen molar-refractivity contribution in [1.82, 2.24) is 14.5 Å². The standard InChI is InChI=1S/C50H27N3S2/c1-2-13-29-28(12-1)24-26-39-44(29)45-40(27-25-35-32-16-4-3-14-30(32)31-15-5-6-18-34(31)43(35)45)53(39)50-51-46-37-19-8-10-23-42(37)55-49(46)47(52-50)38-21-11-20-36-33-17-7-9-22-41(33)54-48(36)38/h1-27H. The van der Waals surface area contributed by atoms with Crippen LogP contribution in [-0.4, -0.2) is 14.5 Å². The van der Waals surface area contributed by atoms with Gasteiger partial charge in [0.1, 0.15) is 0 Å². The maximum atomic E-state index is 5.67. The summed E-state index contributed by atoms with van der Waals surface area (Å²) in [6.07, 6.45) is 0. The molecule has 4 heterocycles. The monoisotopic (exact) mass is 733 g/mol. The van der Waals surface area contributed by atoms with E-state index in [1.807, 2.05) is 11.3 Å². The van der Waals surface area contributed by atoms with Gasteiger partial charge in [0.15, 0.2) is 0 Å². The van der Waals surface area contributed by atoms with Gasteiger partial charge in [-0.1, -0.05) is 140 Å². The first-order valence-electron chi connectivity index (χ1n) is 18.6. The van der Waals surface area contributed by atoms with Crippen LogP contribution in [0.25, 0.3) is 123 Å². The fraction of sp³-hybridized carbons (Fsp3) is 0. The minimum Gasteiger partial charge on any atom is -0.278 e. The lowest BCUT2D eigenvalue weighted by molar-refractivity contribution is 1.02. The van der Waals surface area contributed by atoms with Crippen LogP contribution in [0.15, 0.2) is 164 Å². The zero-order valence-corrected chi connectivity index (χ0v) is 30.9. The molecule has 0 spiro atoms. The summed E-state index contributed by atoms with van der Waals surface area (Å²) in [7, 11) is 0. The van der Waals surface area contributed by atoms with Gasteiger partial charge in [-0.25, -0.2) is 9.97 Å². The fourth-order valence-electron chi connectivity index (χ4n) is 9.27. The summed E-state index contributed by atoms with van der Waals surface area (Å²) < 4.78 is 7.20. The average molecular weight is 734 g/mol. The van der Waals surface area contributed by atoms with Gasteiger partial charge >= 0.3 is 0 Å². The SMILES string of the molecule is c1ccc2c(c1)ccc1c2c2c3c4ccccc4c4ccccc4c3ccc2n1-c1nc(-c2cccc3c2sc2ccccc23)c2sc3ccccc3c2n1. The summed E-state index contributed by atoms with van der Waals surface area (Å²) in [5.41, 5.74) is 5.32. The first-order chi connectivity index (χ1) is 27.3. The normalized spacial score (nSPS) is 12.4. The highest BCUT2D eigenvalue weighted by Crippen LogP contribution is 2.47. The van der Waals surface area contributed by atoms with Gasteiger partial charge in [0.2, 0.25) is 5.95 Å². The Bertz CT molecular complexity index is 3760. The molecule has 0 saturated carbocycles. The third kappa shape index (κ3) is 3.98. The molecule has 5 heteroatoms. The summed E-state index contributed by atoms with van der Waals surface area (Å²) in [6, 6.07) is 59.7. The highest BCUT2D eigenvalue weighted by atomic mass is 32.1. The molecule has 13 rings (SSSR count). The van der Waals surface area contributed by atoms with E-state index in [0.717, 1.165) is 37.9 Å². The molecule has 3 nitrogen and oxygen atoms in total. The van der Waals surface area contributed by atoms with E-state index in [9.17, 15) is 0 Å². The lowest BCUT2D eigenvalue weighted by atomic mass is 9.91. The summed E-state index contributed by atoms with van der Waals surface area (Å²) in [4.78, 5) is 11.2. The second-order valence-electron chi connectivity index (χ2n) is 14.4. The number of rotatable bonds is 2. The van der Waals surface area contributed by atoms with Crippen molar-refractivity contribution in [2.75, 3.05) is 0 Å². The van der Waals surface area contributed by atoms with E-state index in [4.69, 9.17) is 9.97 Å². The maximum absolute atomic E-state index is 5.67. The van der Waals surface area contributed by atoms with Crippen molar-refractivity contribution < 1.29 is 0 Å². The Balaban J connectivity index is 1.24. The molecule has 254 valence electrons. The highest BCUT2D eigenvalue weighted by molar-refractivity contribution is 7.27. The van der Waals surface area contributed by atoms with Gasteiger partial charge < -0.3 is 0 Å². The molecule has 0 fully saturated rings. The zero-order valence-electron chi connectivity index (χ0n) is 29.2. The Morgan fingerprint density at radius 3 is 1.73 bits per heavy atom. The molecule has 9 aromatic carbocycles. The topological polar surface area (TPSA) is 30.7 Å². The van der Waals surface area contributed by atoms with Gasteiger partial charge in [-0.2, -0.15) is 0 Å². The van der Waals surface area contributed by atoms with E-state index in [-0.39, 0.29) is 0 Å². The van der Waals surface area contributed by atoms with Crippen LogP contribution in [0.5, 0.6) is 0 Å². The van der Waals surface area contributed by atoms with Crippen molar-refractivity contribution in [1.29, 1.82) is 0 Å². The number of hydrogen-bond acceptors (Lipinski definition) is 4. The molecule has 0 aliphatic carbocycles. The molecule has 0 aliphatic heterocycles. The molecular formula is C50H27N3S2. The molecule has 13 aromatic rings. The molecular weight excluding hydrogens is 707 g/mol. The minimum atomic E-state index is 0.684. The molecule has 4 aromatic heterocycles. The predicted octanol–water partition coefficient (Wildman–Crippen LogP) is 14.6. The highest BCUT2D eigenvalue weighted by Gasteiger charge is 2.24. The number of thiophene rings is 2. The van der Waals surface area contributed by atoms with E-state index >= 15 is 0 Å². The molecule has 55 heavy (non-hydrogen) atoms. The van der Waals surface area contributed by atoms with Crippen LogP contribution < -0.4 is 0 Å². The third-order valence-corrected chi connectivity index (χ3v) is 14.0. The molecule has 0 unspecified atom stereocenters. The summed E-state index contributed by atoms with van der Waals surface area (Å²) >= 11 is 3.64. The first-order valence-corrected chi connectivity index (χ1v) is 20.2. The van der Waals surface area contributed by atoms with Gasteiger partial charge in [-0.05, 0) is 62.0 Å². The summed E-state index contributed by atoms with van der Waals surface area (Å²) in [5.74, 6) is 0.684.